The largest absolute Gasteiger partial charge is 0.493 e. The highest BCUT2D eigenvalue weighted by Crippen LogP contribution is 2.25. The lowest BCUT2D eigenvalue weighted by Crippen LogP contribution is -2.23. The van der Waals surface area contributed by atoms with Gasteiger partial charge in [0.1, 0.15) is 6.61 Å². The fourth-order valence-corrected chi connectivity index (χ4v) is 1.92. The SMILES string of the molecule is COc1ccccc1OCC#CCNC(=O)c1cccc(C#N)c1. The lowest BCUT2D eigenvalue weighted by Gasteiger charge is -2.07. The number of carbonyl (C=O) groups is 1. The van der Waals surface area contributed by atoms with Gasteiger partial charge in [-0.05, 0) is 30.3 Å². The van der Waals surface area contributed by atoms with Crippen LogP contribution in [0.2, 0.25) is 0 Å². The Bertz CT molecular complexity index is 813. The Balaban J connectivity index is 1.79. The monoisotopic (exact) mass is 320 g/mol. The molecule has 0 atom stereocenters. The zero-order chi connectivity index (χ0) is 17.2. The predicted molar refractivity (Wildman–Crippen MR) is 89.8 cm³/mol. The number of amides is 1. The third kappa shape index (κ3) is 4.79. The maximum Gasteiger partial charge on any atom is 0.252 e. The molecule has 0 aliphatic heterocycles. The van der Waals surface area contributed by atoms with E-state index in [0.29, 0.717) is 22.6 Å². The summed E-state index contributed by atoms with van der Waals surface area (Å²) in [4.78, 5) is 11.9. The van der Waals surface area contributed by atoms with Crippen LogP contribution in [0.4, 0.5) is 0 Å². The second-order valence-electron chi connectivity index (χ2n) is 4.67. The molecule has 120 valence electrons. The smallest absolute Gasteiger partial charge is 0.252 e. The zero-order valence-electron chi connectivity index (χ0n) is 13.2. The standard InChI is InChI=1S/C19H16N2O3/c1-23-17-9-2-3-10-18(17)24-12-5-4-11-21-19(22)16-8-6-7-15(13-16)14-20/h2-3,6-10,13H,11-12H2,1H3,(H,21,22). The minimum atomic E-state index is -0.271. The molecule has 5 heteroatoms. The highest BCUT2D eigenvalue weighted by atomic mass is 16.5. The van der Waals surface area contributed by atoms with Crippen LogP contribution in [0.3, 0.4) is 0 Å². The Morgan fingerprint density at radius 3 is 2.67 bits per heavy atom. The number of carbonyl (C=O) groups excluding carboxylic acids is 1. The van der Waals surface area contributed by atoms with Crippen molar-refractivity contribution < 1.29 is 14.3 Å². The minimum absolute atomic E-state index is 0.195. The highest BCUT2D eigenvalue weighted by molar-refractivity contribution is 5.94. The van der Waals surface area contributed by atoms with Crippen LogP contribution in [-0.2, 0) is 0 Å². The van der Waals surface area contributed by atoms with Crippen LogP contribution in [0.25, 0.3) is 0 Å². The lowest BCUT2D eigenvalue weighted by molar-refractivity contribution is 0.0958. The summed E-state index contributed by atoms with van der Waals surface area (Å²) >= 11 is 0. The summed E-state index contributed by atoms with van der Waals surface area (Å²) < 4.78 is 10.7. The van der Waals surface area contributed by atoms with E-state index in [-0.39, 0.29) is 19.1 Å². The predicted octanol–water partition coefficient (Wildman–Crippen LogP) is 2.38. The molecule has 0 spiro atoms. The molecule has 2 aromatic carbocycles. The molecule has 1 amide bonds. The minimum Gasteiger partial charge on any atom is -0.493 e. The number of ether oxygens (including phenoxy) is 2. The summed E-state index contributed by atoms with van der Waals surface area (Å²) in [7, 11) is 1.57. The van der Waals surface area contributed by atoms with Crippen molar-refractivity contribution in [2.45, 2.75) is 0 Å². The van der Waals surface area contributed by atoms with E-state index in [1.807, 2.05) is 18.2 Å². The molecule has 0 saturated heterocycles. The molecule has 0 heterocycles. The van der Waals surface area contributed by atoms with E-state index in [0.717, 1.165) is 0 Å². The van der Waals surface area contributed by atoms with Gasteiger partial charge in [-0.2, -0.15) is 5.26 Å². The van der Waals surface area contributed by atoms with Crippen molar-refractivity contribution >= 4 is 5.91 Å². The average molecular weight is 320 g/mol. The third-order valence-corrected chi connectivity index (χ3v) is 3.09. The molecule has 0 aromatic heterocycles. The molecule has 0 radical (unpaired) electrons. The summed E-state index contributed by atoms with van der Waals surface area (Å²) in [5.41, 5.74) is 0.875. The number of nitrogens with one attached hydrogen (secondary N) is 1. The number of nitriles is 1. The number of methoxy groups -OCH3 is 1. The van der Waals surface area contributed by atoms with Gasteiger partial charge in [-0.15, -0.1) is 0 Å². The number of hydrogen-bond donors (Lipinski definition) is 1. The van der Waals surface area contributed by atoms with Gasteiger partial charge in [-0.25, -0.2) is 0 Å². The summed E-state index contributed by atoms with van der Waals surface area (Å²) in [6.07, 6.45) is 0. The highest BCUT2D eigenvalue weighted by Gasteiger charge is 2.04. The Morgan fingerprint density at radius 2 is 1.92 bits per heavy atom. The van der Waals surface area contributed by atoms with Crippen LogP contribution < -0.4 is 14.8 Å². The molecule has 5 nitrogen and oxygen atoms in total. The normalized spacial score (nSPS) is 9.17. The molecule has 0 aliphatic carbocycles. The van der Waals surface area contributed by atoms with E-state index in [2.05, 4.69) is 17.2 Å². The van der Waals surface area contributed by atoms with Crippen molar-refractivity contribution in [3.8, 4) is 29.4 Å². The molecule has 0 aliphatic rings. The maximum atomic E-state index is 11.9. The quantitative estimate of drug-likeness (QED) is 0.859. The Kier molecular flexibility index (Phi) is 6.25. The summed E-state index contributed by atoms with van der Waals surface area (Å²) in [6.45, 7) is 0.394. The first kappa shape index (κ1) is 16.9. The fourth-order valence-electron chi connectivity index (χ4n) is 1.92. The van der Waals surface area contributed by atoms with Crippen LogP contribution >= 0.6 is 0 Å². The topological polar surface area (TPSA) is 71.3 Å². The molecule has 2 rings (SSSR count). The number of benzene rings is 2. The molecule has 0 unspecified atom stereocenters. The second kappa shape index (κ2) is 8.87. The molecule has 24 heavy (non-hydrogen) atoms. The molecular weight excluding hydrogens is 304 g/mol. The van der Waals surface area contributed by atoms with Crippen molar-refractivity contribution in [1.82, 2.24) is 5.32 Å². The van der Waals surface area contributed by atoms with E-state index in [9.17, 15) is 4.79 Å². The Morgan fingerprint density at radius 1 is 1.12 bits per heavy atom. The first-order chi connectivity index (χ1) is 11.7. The van der Waals surface area contributed by atoms with Crippen molar-refractivity contribution in [3.63, 3.8) is 0 Å². The van der Waals surface area contributed by atoms with E-state index in [4.69, 9.17) is 14.7 Å². The van der Waals surface area contributed by atoms with Crippen molar-refractivity contribution in [1.29, 1.82) is 5.26 Å². The van der Waals surface area contributed by atoms with Crippen LogP contribution in [0.5, 0.6) is 11.5 Å². The number of nitrogens with zero attached hydrogens (tertiary/aromatic N) is 1. The van der Waals surface area contributed by atoms with Crippen LogP contribution in [-0.4, -0.2) is 26.2 Å². The molecular formula is C19H16N2O3. The maximum absolute atomic E-state index is 11.9. The first-order valence-corrected chi connectivity index (χ1v) is 7.24. The average Bonchev–Trinajstić information content (AvgIpc) is 2.64. The van der Waals surface area contributed by atoms with Crippen LogP contribution in [0, 0.1) is 23.2 Å². The van der Waals surface area contributed by atoms with Crippen LogP contribution in [0.15, 0.2) is 48.5 Å². The number of rotatable bonds is 5. The first-order valence-electron chi connectivity index (χ1n) is 7.24. The summed E-state index contributed by atoms with van der Waals surface area (Å²) in [5.74, 6) is 6.62. The molecule has 0 fully saturated rings. The number of hydrogen-bond acceptors (Lipinski definition) is 4. The summed E-state index contributed by atoms with van der Waals surface area (Å²) in [6, 6.07) is 15.8. The second-order valence-corrected chi connectivity index (χ2v) is 4.67. The van der Waals surface area contributed by atoms with Crippen molar-refractivity contribution in [2.75, 3.05) is 20.3 Å². The van der Waals surface area contributed by atoms with Crippen LogP contribution in [0.1, 0.15) is 15.9 Å². The van der Waals surface area contributed by atoms with Gasteiger partial charge in [0.2, 0.25) is 0 Å². The van der Waals surface area contributed by atoms with E-state index in [1.54, 1.807) is 37.4 Å². The molecule has 0 saturated carbocycles. The van der Waals surface area contributed by atoms with Crippen molar-refractivity contribution in [3.05, 3.63) is 59.7 Å². The fraction of sp³-hybridized carbons (Fsp3) is 0.158. The van der Waals surface area contributed by atoms with Gasteiger partial charge in [0.25, 0.3) is 5.91 Å². The van der Waals surface area contributed by atoms with E-state index in [1.165, 1.54) is 6.07 Å². The van der Waals surface area contributed by atoms with Gasteiger partial charge < -0.3 is 14.8 Å². The van der Waals surface area contributed by atoms with Gasteiger partial charge in [-0.3, -0.25) is 4.79 Å². The molecule has 1 N–H and O–H groups in total. The van der Waals surface area contributed by atoms with E-state index >= 15 is 0 Å². The number of para-hydroxylation sites is 2. The van der Waals surface area contributed by atoms with Gasteiger partial charge >= 0.3 is 0 Å². The van der Waals surface area contributed by atoms with Gasteiger partial charge in [0, 0.05) is 5.56 Å². The van der Waals surface area contributed by atoms with E-state index < -0.39 is 0 Å². The third-order valence-electron chi connectivity index (χ3n) is 3.09. The molecule has 0 bridgehead atoms. The van der Waals surface area contributed by atoms with Crippen molar-refractivity contribution in [2.24, 2.45) is 0 Å². The lowest BCUT2D eigenvalue weighted by atomic mass is 10.1. The molecule has 2 aromatic rings. The van der Waals surface area contributed by atoms with Gasteiger partial charge in [0.15, 0.2) is 11.5 Å². The van der Waals surface area contributed by atoms with Gasteiger partial charge in [0.05, 0.1) is 25.3 Å². The Hall–Kier alpha value is -3.44. The zero-order valence-corrected chi connectivity index (χ0v) is 13.2. The Labute approximate surface area is 140 Å². The van der Waals surface area contributed by atoms with Gasteiger partial charge in [-0.1, -0.05) is 30.0 Å². The summed E-state index contributed by atoms with van der Waals surface area (Å²) in [5, 5.41) is 11.5.